The first-order valence-electron chi connectivity index (χ1n) is 9.23. The van der Waals surface area contributed by atoms with Crippen molar-refractivity contribution in [1.29, 1.82) is 0 Å². The Bertz CT molecular complexity index is 835. The van der Waals surface area contributed by atoms with E-state index < -0.39 is 12.3 Å². The molecule has 0 bridgehead atoms. The smallest absolute Gasteiger partial charge is 0.303 e. The molecule has 0 saturated carbocycles. The van der Waals surface area contributed by atoms with E-state index in [2.05, 4.69) is 0 Å². The molecular weight excluding hydrogens is 380 g/mol. The van der Waals surface area contributed by atoms with E-state index in [-0.39, 0.29) is 25.0 Å². The van der Waals surface area contributed by atoms with Crippen molar-refractivity contribution in [3.63, 3.8) is 0 Å². The molecule has 1 heterocycles. The van der Waals surface area contributed by atoms with Crippen LogP contribution in [0.1, 0.15) is 42.8 Å². The van der Waals surface area contributed by atoms with Gasteiger partial charge in [-0.05, 0) is 25.0 Å². The van der Waals surface area contributed by atoms with E-state index in [4.69, 9.17) is 26.2 Å². The fraction of sp³-hybridized carbons (Fsp3) is 0.318. The maximum absolute atomic E-state index is 10.6. The Labute approximate surface area is 169 Å². The lowest BCUT2D eigenvalue weighted by molar-refractivity contribution is -0.165. The largest absolute Gasteiger partial charge is 0.481 e. The van der Waals surface area contributed by atoms with Crippen LogP contribution in [0.5, 0.6) is 5.75 Å². The van der Waals surface area contributed by atoms with Crippen LogP contribution >= 0.6 is 11.6 Å². The molecule has 1 unspecified atom stereocenters. The second-order valence-electron chi connectivity index (χ2n) is 6.65. The number of halogens is 1. The molecule has 6 heteroatoms. The zero-order valence-corrected chi connectivity index (χ0v) is 16.1. The molecule has 148 valence electrons. The zero-order chi connectivity index (χ0) is 19.9. The first-order valence-corrected chi connectivity index (χ1v) is 9.61. The summed E-state index contributed by atoms with van der Waals surface area (Å²) in [5.41, 5.74) is 1.61. The number of hydrogen-bond acceptors (Lipinski definition) is 4. The first-order chi connectivity index (χ1) is 13.6. The Morgan fingerprint density at radius 2 is 1.82 bits per heavy atom. The van der Waals surface area contributed by atoms with Crippen LogP contribution in [0.25, 0.3) is 0 Å². The van der Waals surface area contributed by atoms with E-state index in [0.29, 0.717) is 23.6 Å². The number of carboxylic acids is 1. The minimum atomic E-state index is -0.826. The van der Waals surface area contributed by atoms with Gasteiger partial charge in [0.15, 0.2) is 0 Å². The highest BCUT2D eigenvalue weighted by Gasteiger charge is 2.35. The summed E-state index contributed by atoms with van der Waals surface area (Å²) in [7, 11) is 0. The molecule has 3 rings (SSSR count). The predicted molar refractivity (Wildman–Crippen MR) is 106 cm³/mol. The fourth-order valence-electron chi connectivity index (χ4n) is 3.23. The van der Waals surface area contributed by atoms with Crippen LogP contribution < -0.4 is 4.74 Å². The van der Waals surface area contributed by atoms with Crippen LogP contribution in [-0.2, 0) is 9.53 Å². The quantitative estimate of drug-likeness (QED) is 0.613. The van der Waals surface area contributed by atoms with Gasteiger partial charge in [-0.25, -0.2) is 0 Å². The first kappa shape index (κ1) is 20.4. The van der Waals surface area contributed by atoms with E-state index >= 15 is 0 Å². The molecule has 3 atom stereocenters. The highest BCUT2D eigenvalue weighted by atomic mass is 35.5. The van der Waals surface area contributed by atoms with Crippen LogP contribution in [0.3, 0.4) is 0 Å². The van der Waals surface area contributed by atoms with Gasteiger partial charge in [-0.3, -0.25) is 4.79 Å². The topological polar surface area (TPSA) is 76.0 Å². The molecule has 0 fully saturated rings. The maximum atomic E-state index is 10.6. The van der Waals surface area contributed by atoms with Gasteiger partial charge in [0.25, 0.3) is 0 Å². The lowest BCUT2D eigenvalue weighted by atomic mass is 9.91. The van der Waals surface area contributed by atoms with Crippen LogP contribution in [0.2, 0.25) is 5.02 Å². The van der Waals surface area contributed by atoms with Gasteiger partial charge in [0.1, 0.15) is 5.75 Å². The van der Waals surface area contributed by atoms with Crippen LogP contribution in [0, 0.1) is 5.92 Å². The summed E-state index contributed by atoms with van der Waals surface area (Å²) < 4.78 is 12.3. The van der Waals surface area contributed by atoms with Gasteiger partial charge in [0, 0.05) is 30.1 Å². The van der Waals surface area contributed by atoms with Gasteiger partial charge in [0.2, 0.25) is 6.29 Å². The molecule has 1 aliphatic heterocycles. The number of rotatable bonds is 8. The van der Waals surface area contributed by atoms with Crippen molar-refractivity contribution < 1.29 is 24.5 Å². The molecule has 0 amide bonds. The summed E-state index contributed by atoms with van der Waals surface area (Å²) in [6.45, 7) is -0.0719. The number of para-hydroxylation sites is 1. The summed E-state index contributed by atoms with van der Waals surface area (Å²) in [5, 5.41) is 19.3. The molecule has 2 aromatic carbocycles. The number of carbonyl (C=O) groups is 1. The average Bonchev–Trinajstić information content (AvgIpc) is 2.70. The third-order valence-corrected chi connectivity index (χ3v) is 5.03. The summed E-state index contributed by atoms with van der Waals surface area (Å²) in [4.78, 5) is 10.6. The third kappa shape index (κ3) is 4.93. The van der Waals surface area contributed by atoms with E-state index in [9.17, 15) is 9.90 Å². The summed E-state index contributed by atoms with van der Waals surface area (Å²) in [6.07, 6.45) is 3.79. The number of carboxylic acid groups (broad SMARTS) is 1. The molecule has 28 heavy (non-hydrogen) atoms. The Hall–Kier alpha value is -2.34. The van der Waals surface area contributed by atoms with Gasteiger partial charge in [0.05, 0.1) is 11.1 Å². The molecule has 2 aromatic rings. The van der Waals surface area contributed by atoms with Gasteiger partial charge < -0.3 is 19.7 Å². The highest BCUT2D eigenvalue weighted by Crippen LogP contribution is 2.45. The van der Waals surface area contributed by atoms with Gasteiger partial charge >= 0.3 is 5.97 Å². The molecular formula is C22H23ClO5. The number of benzene rings is 2. The lowest BCUT2D eigenvalue weighted by Crippen LogP contribution is -2.28. The van der Waals surface area contributed by atoms with Crippen LogP contribution in [0.15, 0.2) is 60.7 Å². The van der Waals surface area contributed by atoms with Gasteiger partial charge in [-0.2, -0.15) is 0 Å². The number of fused-ring (bicyclic) bond motifs is 1. The molecule has 0 spiro atoms. The molecule has 5 nitrogen and oxygen atoms in total. The summed E-state index contributed by atoms with van der Waals surface area (Å²) in [6, 6.07) is 15.0. The summed E-state index contributed by atoms with van der Waals surface area (Å²) in [5.74, 6) is -0.319. The number of aliphatic carboxylic acids is 1. The number of aliphatic hydroxyl groups is 1. The lowest BCUT2D eigenvalue weighted by Gasteiger charge is -2.36. The van der Waals surface area contributed by atoms with Crippen LogP contribution in [0.4, 0.5) is 0 Å². The van der Waals surface area contributed by atoms with E-state index in [0.717, 1.165) is 11.1 Å². The van der Waals surface area contributed by atoms with Crippen molar-refractivity contribution in [3.05, 3.63) is 76.8 Å². The van der Waals surface area contributed by atoms with Gasteiger partial charge in [-0.15, -0.1) is 0 Å². The predicted octanol–water partition coefficient (Wildman–Crippen LogP) is 4.91. The SMILES string of the molecule is O=C(O)CCC=CC[C@H](CO)C1O[C@H](c2ccccc2Cl)Oc2ccccc21. The molecule has 0 radical (unpaired) electrons. The van der Waals surface area contributed by atoms with Crippen LogP contribution in [-0.4, -0.2) is 22.8 Å². The number of aliphatic hydroxyl groups excluding tert-OH is 1. The van der Waals surface area contributed by atoms with Crippen molar-refractivity contribution in [2.75, 3.05) is 6.61 Å². The van der Waals surface area contributed by atoms with Crippen molar-refractivity contribution in [1.82, 2.24) is 0 Å². The fourth-order valence-corrected chi connectivity index (χ4v) is 3.45. The normalized spacial score (nSPS) is 19.8. The highest BCUT2D eigenvalue weighted by molar-refractivity contribution is 6.31. The Kier molecular flexibility index (Phi) is 7.09. The van der Waals surface area contributed by atoms with Gasteiger partial charge in [-0.1, -0.05) is 60.2 Å². The van der Waals surface area contributed by atoms with Crippen molar-refractivity contribution in [2.45, 2.75) is 31.7 Å². The summed E-state index contributed by atoms with van der Waals surface area (Å²) >= 11 is 6.32. The molecule has 1 aliphatic rings. The second kappa shape index (κ2) is 9.73. The van der Waals surface area contributed by atoms with E-state index in [1.165, 1.54) is 0 Å². The molecule has 0 saturated heterocycles. The zero-order valence-electron chi connectivity index (χ0n) is 15.3. The number of allylic oxidation sites excluding steroid dienone is 2. The number of hydrogen-bond donors (Lipinski definition) is 2. The Balaban J connectivity index is 1.81. The minimum absolute atomic E-state index is 0.0719. The molecule has 0 aliphatic carbocycles. The Morgan fingerprint density at radius 3 is 2.54 bits per heavy atom. The van der Waals surface area contributed by atoms with E-state index in [1.54, 1.807) is 6.07 Å². The van der Waals surface area contributed by atoms with E-state index in [1.807, 2.05) is 54.6 Å². The minimum Gasteiger partial charge on any atom is -0.481 e. The molecule has 2 N–H and O–H groups in total. The standard InChI is InChI=1S/C22H23ClO5/c23-18-11-6-4-9-16(18)22-27-19-12-7-5-10-17(19)21(28-22)15(14-24)8-2-1-3-13-20(25)26/h1-2,4-7,9-12,15,21-22,24H,3,8,13-14H2,(H,25,26)/t15-,21?,22-/m1/s1. The van der Waals surface area contributed by atoms with Crippen molar-refractivity contribution >= 4 is 17.6 Å². The van der Waals surface area contributed by atoms with Crippen molar-refractivity contribution in [2.24, 2.45) is 5.92 Å². The average molecular weight is 403 g/mol. The number of ether oxygens (including phenoxy) is 2. The monoisotopic (exact) mass is 402 g/mol. The second-order valence-corrected chi connectivity index (χ2v) is 7.06. The molecule has 0 aromatic heterocycles. The maximum Gasteiger partial charge on any atom is 0.303 e. The Morgan fingerprint density at radius 1 is 1.11 bits per heavy atom. The third-order valence-electron chi connectivity index (χ3n) is 4.68. The van der Waals surface area contributed by atoms with Crippen molar-refractivity contribution in [3.8, 4) is 5.75 Å².